The maximum Gasteiger partial charge on any atom is 0.119 e. The van der Waals surface area contributed by atoms with Crippen molar-refractivity contribution in [1.82, 2.24) is 9.88 Å². The summed E-state index contributed by atoms with van der Waals surface area (Å²) in [5.74, 6) is 2.53. The highest BCUT2D eigenvalue weighted by molar-refractivity contribution is 5.87. The first-order valence-corrected chi connectivity index (χ1v) is 10.7. The van der Waals surface area contributed by atoms with Crippen molar-refractivity contribution in [1.29, 1.82) is 0 Å². The smallest absolute Gasteiger partial charge is 0.119 e. The van der Waals surface area contributed by atoms with E-state index in [2.05, 4.69) is 41.9 Å². The second-order valence-corrected chi connectivity index (χ2v) is 8.85. The number of ether oxygens (including phenoxy) is 2. The third kappa shape index (κ3) is 2.49. The van der Waals surface area contributed by atoms with Crippen LogP contribution in [-0.4, -0.2) is 49.3 Å². The van der Waals surface area contributed by atoms with Crippen molar-refractivity contribution in [3.8, 4) is 5.75 Å². The summed E-state index contributed by atoms with van der Waals surface area (Å²) >= 11 is 0. The van der Waals surface area contributed by atoms with E-state index in [0.717, 1.165) is 37.2 Å². The highest BCUT2D eigenvalue weighted by Gasteiger charge is 2.58. The van der Waals surface area contributed by atoms with E-state index in [0.29, 0.717) is 6.04 Å². The van der Waals surface area contributed by atoms with Gasteiger partial charge in [0.05, 0.1) is 19.1 Å². The van der Waals surface area contributed by atoms with Gasteiger partial charge >= 0.3 is 0 Å². The van der Waals surface area contributed by atoms with Crippen molar-refractivity contribution in [2.75, 3.05) is 33.4 Å². The minimum atomic E-state index is 0.107. The van der Waals surface area contributed by atoms with Gasteiger partial charge in [-0.1, -0.05) is 13.3 Å². The van der Waals surface area contributed by atoms with Crippen LogP contribution in [0.2, 0.25) is 0 Å². The Labute approximate surface area is 162 Å². The number of benzene rings is 1. The Morgan fingerprint density at radius 3 is 2.96 bits per heavy atom. The first-order chi connectivity index (χ1) is 13.2. The molecule has 1 N–H and O–H groups in total. The van der Waals surface area contributed by atoms with Gasteiger partial charge in [-0.2, -0.15) is 0 Å². The van der Waals surface area contributed by atoms with E-state index in [4.69, 9.17) is 9.47 Å². The Kier molecular flexibility index (Phi) is 4.25. The number of nitrogens with zero attached hydrogens (tertiary/aromatic N) is 1. The second kappa shape index (κ2) is 6.52. The molecule has 5 atom stereocenters. The van der Waals surface area contributed by atoms with Crippen molar-refractivity contribution >= 4 is 10.9 Å². The van der Waals surface area contributed by atoms with Crippen LogP contribution < -0.4 is 4.74 Å². The van der Waals surface area contributed by atoms with E-state index in [1.165, 1.54) is 54.5 Å². The Balaban J connectivity index is 1.72. The first kappa shape index (κ1) is 17.6. The number of nitrogens with one attached hydrogen (secondary N) is 1. The third-order valence-corrected chi connectivity index (χ3v) is 7.54. The van der Waals surface area contributed by atoms with Crippen LogP contribution in [0.15, 0.2) is 18.2 Å². The minimum absolute atomic E-state index is 0.107. The van der Waals surface area contributed by atoms with Gasteiger partial charge in [-0.15, -0.1) is 0 Å². The number of hydrogen-bond acceptors (Lipinski definition) is 3. The summed E-state index contributed by atoms with van der Waals surface area (Å²) in [6.45, 7) is 8.58. The van der Waals surface area contributed by atoms with Crippen LogP contribution in [0, 0.1) is 11.8 Å². The summed E-state index contributed by atoms with van der Waals surface area (Å²) in [6, 6.07) is 7.09. The highest BCUT2D eigenvalue weighted by Crippen LogP contribution is 2.55. The molecule has 3 fully saturated rings. The predicted molar refractivity (Wildman–Crippen MR) is 109 cm³/mol. The van der Waals surface area contributed by atoms with Crippen molar-refractivity contribution in [3.63, 3.8) is 0 Å². The Morgan fingerprint density at radius 2 is 2.19 bits per heavy atom. The molecule has 4 bridgehead atoms. The van der Waals surface area contributed by atoms with E-state index >= 15 is 0 Å². The van der Waals surface area contributed by atoms with Gasteiger partial charge < -0.3 is 14.5 Å². The average molecular weight is 369 g/mol. The molecule has 4 heterocycles. The third-order valence-electron chi connectivity index (χ3n) is 7.54. The van der Waals surface area contributed by atoms with Crippen LogP contribution in [0.1, 0.15) is 44.4 Å². The molecule has 1 aromatic carbocycles. The number of hydrogen-bond donors (Lipinski definition) is 1. The van der Waals surface area contributed by atoms with Gasteiger partial charge in [-0.05, 0) is 61.8 Å². The zero-order valence-electron chi connectivity index (χ0n) is 16.9. The molecule has 27 heavy (non-hydrogen) atoms. The molecule has 0 spiro atoms. The van der Waals surface area contributed by atoms with Gasteiger partial charge in [0.25, 0.3) is 0 Å². The summed E-state index contributed by atoms with van der Waals surface area (Å²) in [5.41, 5.74) is 4.33. The maximum absolute atomic E-state index is 6.18. The van der Waals surface area contributed by atoms with E-state index in [-0.39, 0.29) is 5.41 Å². The lowest BCUT2D eigenvalue weighted by Crippen LogP contribution is -2.65. The van der Waals surface area contributed by atoms with Crippen LogP contribution in [0.3, 0.4) is 0 Å². The van der Waals surface area contributed by atoms with Gasteiger partial charge in [0.1, 0.15) is 5.75 Å². The molecule has 1 aromatic heterocycles. The summed E-state index contributed by atoms with van der Waals surface area (Å²) in [6.07, 6.45) is 5.06. The monoisotopic (exact) mass is 368 g/mol. The molecule has 3 aliphatic heterocycles. The summed E-state index contributed by atoms with van der Waals surface area (Å²) < 4.78 is 11.7. The average Bonchev–Trinajstić information content (AvgIpc) is 3.04. The zero-order chi connectivity index (χ0) is 18.6. The molecule has 4 nitrogen and oxygen atoms in total. The lowest BCUT2D eigenvalue weighted by molar-refractivity contribution is -0.0882. The number of aromatic nitrogens is 1. The quantitative estimate of drug-likeness (QED) is 0.862. The molecule has 1 saturated carbocycles. The Morgan fingerprint density at radius 1 is 1.30 bits per heavy atom. The van der Waals surface area contributed by atoms with Crippen LogP contribution in [0.5, 0.6) is 5.75 Å². The molecule has 0 amide bonds. The largest absolute Gasteiger partial charge is 0.497 e. The molecule has 4 aliphatic rings. The molecular formula is C23H32N2O2. The first-order valence-electron chi connectivity index (χ1n) is 10.7. The zero-order valence-corrected chi connectivity index (χ0v) is 16.9. The topological polar surface area (TPSA) is 37.5 Å². The van der Waals surface area contributed by atoms with Crippen molar-refractivity contribution in [2.24, 2.45) is 11.8 Å². The lowest BCUT2D eigenvalue weighted by Gasteiger charge is -2.59. The van der Waals surface area contributed by atoms with Crippen molar-refractivity contribution in [3.05, 3.63) is 29.5 Å². The standard InChI is InChI=1S/C23H32N2O2/c1-4-16-10-15-12-23(14-27-5-2)21-18(8-9-25(13-15)22(16)23)19-11-17(26-3)6-7-20(19)24-21/h6-7,11,15-16,22,24H,4-5,8-10,12-14H2,1-3H3/t15-,16?,22?,23+/m0/s1. The van der Waals surface area contributed by atoms with E-state index in [1.807, 2.05) is 0 Å². The van der Waals surface area contributed by atoms with Crippen LogP contribution in [0.25, 0.3) is 10.9 Å². The Hall–Kier alpha value is -1.52. The number of aromatic amines is 1. The maximum atomic E-state index is 6.18. The molecule has 1 aliphatic carbocycles. The van der Waals surface area contributed by atoms with E-state index < -0.39 is 0 Å². The lowest BCUT2D eigenvalue weighted by atomic mass is 9.56. The molecular weight excluding hydrogens is 336 g/mol. The highest BCUT2D eigenvalue weighted by atomic mass is 16.5. The fourth-order valence-electron chi connectivity index (χ4n) is 6.62. The molecule has 2 aromatic rings. The van der Waals surface area contributed by atoms with Crippen LogP contribution in [0.4, 0.5) is 0 Å². The summed E-state index contributed by atoms with van der Waals surface area (Å²) in [4.78, 5) is 6.69. The van der Waals surface area contributed by atoms with E-state index in [9.17, 15) is 0 Å². The number of fused-ring (bicyclic) bond motifs is 4. The summed E-state index contributed by atoms with van der Waals surface area (Å²) in [7, 11) is 1.76. The van der Waals surface area contributed by atoms with Crippen molar-refractivity contribution < 1.29 is 9.47 Å². The summed E-state index contributed by atoms with van der Waals surface area (Å²) in [5, 5.41) is 1.35. The predicted octanol–water partition coefficient (Wildman–Crippen LogP) is 4.13. The van der Waals surface area contributed by atoms with Gasteiger partial charge in [0, 0.05) is 42.3 Å². The fraction of sp³-hybridized carbons (Fsp3) is 0.652. The normalized spacial score (nSPS) is 34.5. The molecule has 4 heteroatoms. The fourth-order valence-corrected chi connectivity index (χ4v) is 6.62. The van der Waals surface area contributed by atoms with Crippen LogP contribution >= 0.6 is 0 Å². The number of methoxy groups -OCH3 is 1. The number of H-pyrrole nitrogens is 1. The minimum Gasteiger partial charge on any atom is -0.497 e. The molecule has 2 saturated heterocycles. The van der Waals surface area contributed by atoms with Gasteiger partial charge in [0.2, 0.25) is 0 Å². The van der Waals surface area contributed by atoms with Gasteiger partial charge in [0.15, 0.2) is 0 Å². The number of piperidine rings is 2. The molecule has 0 radical (unpaired) electrons. The van der Waals surface area contributed by atoms with Crippen molar-refractivity contribution in [2.45, 2.75) is 51.0 Å². The Bertz CT molecular complexity index is 844. The van der Waals surface area contributed by atoms with E-state index in [1.54, 1.807) is 7.11 Å². The molecule has 3 unspecified atom stereocenters. The SMILES string of the molecule is CCOC[C@@]12C[C@@H]3CC(CC)C1N(CCc1c2[nH]c2ccc(OC)cc12)C3. The van der Waals surface area contributed by atoms with Gasteiger partial charge in [-0.3, -0.25) is 4.90 Å². The molecule has 6 rings (SSSR count). The number of rotatable bonds is 5. The van der Waals surface area contributed by atoms with Crippen LogP contribution in [-0.2, 0) is 16.6 Å². The second-order valence-electron chi connectivity index (χ2n) is 8.85. The van der Waals surface area contributed by atoms with Gasteiger partial charge in [-0.25, -0.2) is 0 Å². The molecule has 146 valence electrons.